The molecule has 3 aromatic rings. The Morgan fingerprint density at radius 3 is 2.55 bits per heavy atom. The highest BCUT2D eigenvalue weighted by atomic mass is 32.2. The molecule has 12 heteroatoms. The van der Waals surface area contributed by atoms with Gasteiger partial charge in [0.15, 0.2) is 6.10 Å². The highest BCUT2D eigenvalue weighted by molar-refractivity contribution is 7.89. The number of carbonyl (C=O) groups is 2. The number of nitrogens with one attached hydrogen (secondary N) is 2. The molecule has 0 spiro atoms. The van der Waals surface area contributed by atoms with E-state index in [-0.39, 0.29) is 0 Å². The predicted octanol–water partition coefficient (Wildman–Crippen LogP) is 3.10. The number of alkyl halides is 3. The molecule has 1 amide bonds. The van der Waals surface area contributed by atoms with Crippen LogP contribution in [0.25, 0.3) is 10.9 Å². The number of hydrogen-bond donors (Lipinski definition) is 2. The van der Waals surface area contributed by atoms with Gasteiger partial charge in [-0.15, -0.1) is 0 Å². The number of pyridine rings is 1. The smallest absolute Gasteiger partial charge is 0.416 e. The molecule has 1 heterocycles. The SMILES string of the molecule is CC(OC(=O)CNS(=O)(=O)c1cccc(C(F)(F)F)c1)C(=O)Nc1cccc2ncccc12. The van der Waals surface area contributed by atoms with E-state index in [0.717, 1.165) is 18.2 Å². The van der Waals surface area contributed by atoms with Crippen molar-refractivity contribution < 1.29 is 35.9 Å². The Balaban J connectivity index is 1.59. The summed E-state index contributed by atoms with van der Waals surface area (Å²) >= 11 is 0. The summed E-state index contributed by atoms with van der Waals surface area (Å²) in [4.78, 5) is 27.9. The molecule has 0 bridgehead atoms. The molecule has 1 unspecified atom stereocenters. The summed E-state index contributed by atoms with van der Waals surface area (Å²) in [6, 6.07) is 11.6. The van der Waals surface area contributed by atoms with Crippen molar-refractivity contribution in [2.45, 2.75) is 24.1 Å². The van der Waals surface area contributed by atoms with Gasteiger partial charge in [0.2, 0.25) is 10.0 Å². The van der Waals surface area contributed by atoms with Gasteiger partial charge < -0.3 is 10.1 Å². The number of aromatic nitrogens is 1. The molecule has 2 N–H and O–H groups in total. The molecule has 33 heavy (non-hydrogen) atoms. The van der Waals surface area contributed by atoms with Gasteiger partial charge in [-0.2, -0.15) is 17.9 Å². The molecule has 0 aliphatic rings. The van der Waals surface area contributed by atoms with Crippen LogP contribution in [0, 0.1) is 0 Å². The highest BCUT2D eigenvalue weighted by Gasteiger charge is 2.31. The molecule has 1 atom stereocenters. The van der Waals surface area contributed by atoms with E-state index in [0.29, 0.717) is 22.7 Å². The topological polar surface area (TPSA) is 114 Å². The number of halogens is 3. The van der Waals surface area contributed by atoms with Crippen molar-refractivity contribution in [3.05, 3.63) is 66.4 Å². The minimum Gasteiger partial charge on any atom is -0.452 e. The van der Waals surface area contributed by atoms with Crippen LogP contribution in [0.4, 0.5) is 18.9 Å². The second-order valence-electron chi connectivity index (χ2n) is 6.85. The molecular weight excluding hydrogens is 463 g/mol. The Hall–Kier alpha value is -3.51. The van der Waals surface area contributed by atoms with Crippen LogP contribution in [-0.2, 0) is 30.5 Å². The van der Waals surface area contributed by atoms with Crippen LogP contribution in [-0.4, -0.2) is 37.9 Å². The van der Waals surface area contributed by atoms with Crippen LogP contribution in [0.3, 0.4) is 0 Å². The summed E-state index contributed by atoms with van der Waals surface area (Å²) in [7, 11) is -4.43. The zero-order valence-corrected chi connectivity index (χ0v) is 17.9. The number of ether oxygens (including phenoxy) is 1. The maximum atomic E-state index is 12.8. The van der Waals surface area contributed by atoms with Crippen molar-refractivity contribution in [3.8, 4) is 0 Å². The zero-order valence-electron chi connectivity index (χ0n) is 17.1. The van der Waals surface area contributed by atoms with Crippen molar-refractivity contribution in [1.29, 1.82) is 0 Å². The number of nitrogens with zero attached hydrogens (tertiary/aromatic N) is 1. The number of sulfonamides is 1. The van der Waals surface area contributed by atoms with Gasteiger partial charge in [0.25, 0.3) is 5.91 Å². The number of amides is 1. The van der Waals surface area contributed by atoms with E-state index in [4.69, 9.17) is 4.74 Å². The first-order valence-corrected chi connectivity index (χ1v) is 11.0. The number of anilines is 1. The molecular formula is C21H18F3N3O5S. The lowest BCUT2D eigenvalue weighted by Crippen LogP contribution is -2.36. The fourth-order valence-corrected chi connectivity index (χ4v) is 3.83. The van der Waals surface area contributed by atoms with Gasteiger partial charge in [0, 0.05) is 11.6 Å². The number of rotatable bonds is 7. The minimum absolute atomic E-state index is 0.443. The second kappa shape index (κ2) is 9.55. The predicted molar refractivity (Wildman–Crippen MR) is 113 cm³/mol. The van der Waals surface area contributed by atoms with Gasteiger partial charge in [-0.3, -0.25) is 14.6 Å². The summed E-state index contributed by atoms with van der Waals surface area (Å²) in [6.45, 7) is 0.409. The Morgan fingerprint density at radius 2 is 1.82 bits per heavy atom. The number of benzene rings is 2. The van der Waals surface area contributed by atoms with E-state index in [1.165, 1.54) is 6.92 Å². The Labute approximate surface area is 186 Å². The second-order valence-corrected chi connectivity index (χ2v) is 8.61. The van der Waals surface area contributed by atoms with Crippen LogP contribution in [0.2, 0.25) is 0 Å². The zero-order chi connectivity index (χ0) is 24.2. The fraction of sp³-hybridized carbons (Fsp3) is 0.190. The monoisotopic (exact) mass is 481 g/mol. The van der Waals surface area contributed by atoms with Crippen molar-refractivity contribution in [3.63, 3.8) is 0 Å². The summed E-state index contributed by atoms with van der Waals surface area (Å²) in [5, 5.41) is 3.27. The van der Waals surface area contributed by atoms with Crippen LogP contribution < -0.4 is 10.0 Å². The molecule has 3 rings (SSSR count). The van der Waals surface area contributed by atoms with Crippen molar-refractivity contribution in [2.75, 3.05) is 11.9 Å². The highest BCUT2D eigenvalue weighted by Crippen LogP contribution is 2.30. The van der Waals surface area contributed by atoms with Gasteiger partial charge in [-0.1, -0.05) is 12.1 Å². The van der Waals surface area contributed by atoms with Gasteiger partial charge in [0.1, 0.15) is 6.54 Å². The van der Waals surface area contributed by atoms with Gasteiger partial charge in [-0.05, 0) is 49.4 Å². The third-order valence-corrected chi connectivity index (χ3v) is 5.86. The maximum absolute atomic E-state index is 12.8. The Kier molecular flexibility index (Phi) is 6.98. The molecule has 0 aliphatic carbocycles. The lowest BCUT2D eigenvalue weighted by molar-refractivity contribution is -0.151. The quantitative estimate of drug-likeness (QED) is 0.502. The summed E-state index contributed by atoms with van der Waals surface area (Å²) < 4.78 is 69.7. The molecule has 2 aromatic carbocycles. The van der Waals surface area contributed by atoms with Crippen LogP contribution >= 0.6 is 0 Å². The largest absolute Gasteiger partial charge is 0.452 e. The van der Waals surface area contributed by atoms with E-state index < -0.39 is 51.2 Å². The normalized spacial score (nSPS) is 12.8. The van der Waals surface area contributed by atoms with Crippen LogP contribution in [0.15, 0.2) is 65.7 Å². The van der Waals surface area contributed by atoms with E-state index in [1.807, 2.05) is 4.72 Å². The molecule has 0 radical (unpaired) electrons. The lowest BCUT2D eigenvalue weighted by atomic mass is 10.2. The molecule has 0 fully saturated rings. The molecule has 1 aromatic heterocycles. The Morgan fingerprint density at radius 1 is 1.09 bits per heavy atom. The van der Waals surface area contributed by atoms with Gasteiger partial charge in [-0.25, -0.2) is 8.42 Å². The third-order valence-electron chi connectivity index (χ3n) is 4.46. The van der Waals surface area contributed by atoms with Gasteiger partial charge >= 0.3 is 12.1 Å². The first kappa shape index (κ1) is 24.1. The lowest BCUT2D eigenvalue weighted by Gasteiger charge is -2.15. The van der Waals surface area contributed by atoms with Crippen molar-refractivity contribution in [1.82, 2.24) is 9.71 Å². The van der Waals surface area contributed by atoms with E-state index >= 15 is 0 Å². The van der Waals surface area contributed by atoms with Crippen LogP contribution in [0.1, 0.15) is 12.5 Å². The number of fused-ring (bicyclic) bond motifs is 1. The fourth-order valence-electron chi connectivity index (χ4n) is 2.82. The average molecular weight is 481 g/mol. The summed E-state index contributed by atoms with van der Waals surface area (Å²) in [6.07, 6.45) is -4.41. The van der Waals surface area contributed by atoms with E-state index in [1.54, 1.807) is 36.5 Å². The minimum atomic E-state index is -4.73. The molecule has 0 saturated carbocycles. The van der Waals surface area contributed by atoms with Crippen molar-refractivity contribution in [2.24, 2.45) is 0 Å². The molecule has 0 aliphatic heterocycles. The first-order chi connectivity index (χ1) is 15.5. The molecule has 0 saturated heterocycles. The van der Waals surface area contributed by atoms with E-state index in [9.17, 15) is 31.2 Å². The van der Waals surface area contributed by atoms with E-state index in [2.05, 4.69) is 10.3 Å². The standard InChI is InChI=1S/C21H18F3N3O5S/c1-13(20(29)27-18-9-3-8-17-16(18)7-4-10-25-17)32-19(28)12-26-33(30,31)15-6-2-5-14(11-15)21(22,23)24/h2-11,13,26H,12H2,1H3,(H,27,29). The summed E-state index contributed by atoms with van der Waals surface area (Å²) in [5.74, 6) is -1.76. The number of carbonyl (C=O) groups excluding carboxylic acids is 2. The van der Waals surface area contributed by atoms with Crippen LogP contribution in [0.5, 0.6) is 0 Å². The van der Waals surface area contributed by atoms with Crippen molar-refractivity contribution >= 4 is 38.5 Å². The Bertz CT molecular complexity index is 1290. The van der Waals surface area contributed by atoms with Gasteiger partial charge in [0.05, 0.1) is 21.7 Å². The number of esters is 1. The molecule has 8 nitrogen and oxygen atoms in total. The third kappa shape index (κ3) is 6.05. The first-order valence-electron chi connectivity index (χ1n) is 9.48. The summed E-state index contributed by atoms with van der Waals surface area (Å²) in [5.41, 5.74) is -0.0652. The average Bonchev–Trinajstić information content (AvgIpc) is 2.77. The number of hydrogen-bond acceptors (Lipinski definition) is 6. The maximum Gasteiger partial charge on any atom is 0.416 e. The molecule has 174 valence electrons.